The normalized spacial score (nSPS) is 24.0. The highest BCUT2D eigenvalue weighted by molar-refractivity contribution is 9.39. The first-order valence-corrected chi connectivity index (χ1v) is 5.14. The van der Waals surface area contributed by atoms with Gasteiger partial charge in [-0.05, 0) is 18.8 Å². The Morgan fingerprint density at radius 3 is 1.89 bits per heavy atom. The third-order valence-electron chi connectivity index (χ3n) is 1.40. The van der Waals surface area contributed by atoms with Crippen molar-refractivity contribution in [2.45, 2.75) is 21.1 Å². The molecule has 0 radical (unpaired) electrons. The molecule has 1 saturated carbocycles. The average molecular weight is 323 g/mol. The molecule has 0 aromatic rings. The molecule has 1 nitrogen and oxygen atoms in total. The van der Waals surface area contributed by atoms with Gasteiger partial charge in [0.05, 0.1) is 6.10 Å². The number of rotatable bonds is 1. The smallest absolute Gasteiger partial charge is 0.160 e. The van der Waals surface area contributed by atoms with E-state index in [0.29, 0.717) is 5.92 Å². The number of aliphatic hydroxyl groups is 1. The van der Waals surface area contributed by atoms with Gasteiger partial charge in [-0.3, -0.25) is 0 Å². The second kappa shape index (κ2) is 2.80. The molecular weight excluding hydrogens is 316 g/mol. The third-order valence-corrected chi connectivity index (χ3v) is 2.81. The first kappa shape index (κ1) is 8.50. The van der Waals surface area contributed by atoms with Crippen molar-refractivity contribution in [3.8, 4) is 0 Å². The fourth-order valence-electron chi connectivity index (χ4n) is 0.679. The minimum Gasteiger partial charge on any atom is -0.390 e. The fourth-order valence-corrected chi connectivity index (χ4v) is 1.80. The first-order chi connectivity index (χ1) is 4.02. The van der Waals surface area contributed by atoms with Crippen LogP contribution in [-0.2, 0) is 0 Å². The maximum absolute atomic E-state index is 9.38. The van der Waals surface area contributed by atoms with Crippen LogP contribution in [0.25, 0.3) is 0 Å². The lowest BCUT2D eigenvalue weighted by Gasteiger charge is -2.18. The molecule has 1 aliphatic rings. The number of halogens is 3. The van der Waals surface area contributed by atoms with Crippen LogP contribution in [0.4, 0.5) is 0 Å². The summed E-state index contributed by atoms with van der Waals surface area (Å²) >= 11 is 9.80. The summed E-state index contributed by atoms with van der Waals surface area (Å²) in [6.07, 6.45) is 1.97. The second-order valence-electron chi connectivity index (χ2n) is 2.32. The van der Waals surface area contributed by atoms with E-state index in [1.54, 1.807) is 0 Å². The summed E-state index contributed by atoms with van der Waals surface area (Å²) in [6.45, 7) is 0. The van der Waals surface area contributed by atoms with E-state index < -0.39 is 2.14 Å². The molecule has 0 aliphatic heterocycles. The molecular formula is C5H7Br3O. The van der Waals surface area contributed by atoms with Crippen molar-refractivity contribution in [2.75, 3.05) is 0 Å². The van der Waals surface area contributed by atoms with E-state index in [4.69, 9.17) is 0 Å². The van der Waals surface area contributed by atoms with Crippen LogP contribution in [0.5, 0.6) is 0 Å². The molecule has 1 fully saturated rings. The van der Waals surface area contributed by atoms with E-state index in [-0.39, 0.29) is 6.10 Å². The molecule has 0 aromatic carbocycles. The van der Waals surface area contributed by atoms with Crippen LogP contribution >= 0.6 is 47.8 Å². The lowest BCUT2D eigenvalue weighted by molar-refractivity contribution is 0.165. The van der Waals surface area contributed by atoms with Crippen molar-refractivity contribution in [3.05, 3.63) is 0 Å². The average Bonchev–Trinajstić information content (AvgIpc) is 2.40. The SMILES string of the molecule is OC(C1CC1)C(Br)(Br)Br. The fraction of sp³-hybridized carbons (Fsp3) is 1.00. The molecule has 1 atom stereocenters. The highest BCUT2D eigenvalue weighted by atomic mass is 80.0. The van der Waals surface area contributed by atoms with E-state index in [1.807, 2.05) is 0 Å². The summed E-state index contributed by atoms with van der Waals surface area (Å²) in [4.78, 5) is 0. The first-order valence-electron chi connectivity index (χ1n) is 2.76. The standard InChI is InChI=1S/C5H7Br3O/c6-5(7,8)4(9)3-1-2-3/h3-4,9H,1-2H2. The molecule has 0 heterocycles. The minimum absolute atomic E-state index is 0.322. The molecule has 0 amide bonds. The summed E-state index contributed by atoms with van der Waals surface area (Å²) in [6, 6.07) is 0. The van der Waals surface area contributed by atoms with Crippen LogP contribution in [0.1, 0.15) is 12.8 Å². The third kappa shape index (κ3) is 2.48. The van der Waals surface area contributed by atoms with Crippen LogP contribution in [0, 0.1) is 5.92 Å². The summed E-state index contributed by atoms with van der Waals surface area (Å²) < 4.78 is -0.464. The van der Waals surface area contributed by atoms with Gasteiger partial charge in [0.15, 0.2) is 2.14 Å². The Labute approximate surface area is 79.6 Å². The van der Waals surface area contributed by atoms with Crippen molar-refractivity contribution in [3.63, 3.8) is 0 Å². The Morgan fingerprint density at radius 2 is 1.78 bits per heavy atom. The van der Waals surface area contributed by atoms with Crippen molar-refractivity contribution < 1.29 is 5.11 Å². The van der Waals surface area contributed by atoms with Gasteiger partial charge in [-0.25, -0.2) is 0 Å². The van der Waals surface area contributed by atoms with E-state index in [2.05, 4.69) is 47.8 Å². The summed E-state index contributed by atoms with van der Waals surface area (Å²) in [7, 11) is 0. The van der Waals surface area contributed by atoms with Crippen LogP contribution < -0.4 is 0 Å². The largest absolute Gasteiger partial charge is 0.390 e. The van der Waals surface area contributed by atoms with Crippen LogP contribution in [-0.4, -0.2) is 13.4 Å². The van der Waals surface area contributed by atoms with E-state index >= 15 is 0 Å². The zero-order chi connectivity index (χ0) is 7.07. The molecule has 9 heavy (non-hydrogen) atoms. The summed E-state index contributed by atoms with van der Waals surface area (Å²) in [5, 5.41) is 9.38. The second-order valence-corrected chi connectivity index (χ2v) is 9.27. The Morgan fingerprint density at radius 1 is 1.33 bits per heavy atom. The van der Waals surface area contributed by atoms with E-state index in [1.165, 1.54) is 0 Å². The zero-order valence-corrected chi connectivity index (χ0v) is 9.41. The van der Waals surface area contributed by atoms with Gasteiger partial charge < -0.3 is 5.11 Å². The van der Waals surface area contributed by atoms with Gasteiger partial charge in [-0.2, -0.15) is 0 Å². The van der Waals surface area contributed by atoms with E-state index in [9.17, 15) is 5.11 Å². The van der Waals surface area contributed by atoms with Gasteiger partial charge in [-0.1, -0.05) is 47.8 Å². The summed E-state index contributed by atoms with van der Waals surface area (Å²) in [5.41, 5.74) is 0. The topological polar surface area (TPSA) is 20.2 Å². The maximum atomic E-state index is 9.38. The highest BCUT2D eigenvalue weighted by Gasteiger charge is 2.40. The quantitative estimate of drug-likeness (QED) is 0.736. The molecule has 4 heteroatoms. The predicted octanol–water partition coefficient (Wildman–Crippen LogP) is 2.60. The summed E-state index contributed by atoms with van der Waals surface area (Å²) in [5.74, 6) is 0.475. The van der Waals surface area contributed by atoms with Crippen LogP contribution in [0.3, 0.4) is 0 Å². The lowest BCUT2D eigenvalue weighted by Crippen LogP contribution is -2.25. The molecule has 1 N–H and O–H groups in total. The van der Waals surface area contributed by atoms with Gasteiger partial charge in [-0.15, -0.1) is 0 Å². The lowest BCUT2D eigenvalue weighted by atomic mass is 10.3. The molecule has 0 spiro atoms. The van der Waals surface area contributed by atoms with Gasteiger partial charge in [0.2, 0.25) is 0 Å². The Balaban J connectivity index is 2.40. The van der Waals surface area contributed by atoms with Gasteiger partial charge in [0.1, 0.15) is 0 Å². The molecule has 1 unspecified atom stereocenters. The predicted molar refractivity (Wildman–Crippen MR) is 48.2 cm³/mol. The molecule has 0 bridgehead atoms. The van der Waals surface area contributed by atoms with Crippen molar-refractivity contribution >= 4 is 47.8 Å². The van der Waals surface area contributed by atoms with Gasteiger partial charge >= 0.3 is 0 Å². The molecule has 0 aromatic heterocycles. The molecule has 1 rings (SSSR count). The highest BCUT2D eigenvalue weighted by Crippen LogP contribution is 2.47. The van der Waals surface area contributed by atoms with Crippen molar-refractivity contribution in [2.24, 2.45) is 5.92 Å². The Hall–Kier alpha value is 1.40. The van der Waals surface area contributed by atoms with Crippen molar-refractivity contribution in [1.29, 1.82) is 0 Å². The zero-order valence-electron chi connectivity index (χ0n) is 4.65. The minimum atomic E-state index is -0.464. The number of hydrogen-bond acceptors (Lipinski definition) is 1. The number of hydrogen-bond donors (Lipinski definition) is 1. The van der Waals surface area contributed by atoms with E-state index in [0.717, 1.165) is 12.8 Å². The molecule has 54 valence electrons. The van der Waals surface area contributed by atoms with Crippen molar-refractivity contribution in [1.82, 2.24) is 0 Å². The van der Waals surface area contributed by atoms with Crippen LogP contribution in [0.2, 0.25) is 0 Å². The van der Waals surface area contributed by atoms with Gasteiger partial charge in [0, 0.05) is 0 Å². The monoisotopic (exact) mass is 320 g/mol. The molecule has 1 aliphatic carbocycles. The van der Waals surface area contributed by atoms with Crippen LogP contribution in [0.15, 0.2) is 0 Å². The Bertz CT molecular complexity index is 105. The Kier molecular flexibility index (Phi) is 2.64. The number of alkyl halides is 3. The van der Waals surface area contributed by atoms with Gasteiger partial charge in [0.25, 0.3) is 0 Å². The number of aliphatic hydroxyl groups excluding tert-OH is 1. The maximum Gasteiger partial charge on any atom is 0.160 e. The molecule has 0 saturated heterocycles.